The number of nitrogens with one attached hydrogen (secondary N) is 1. The number of likely N-dealkylation sites (N-methyl/N-ethyl adjacent to an activating group) is 2. The number of benzene rings is 1. The Hall–Kier alpha value is -1.35. The third kappa shape index (κ3) is 6.92. The Morgan fingerprint density at radius 2 is 1.89 bits per heavy atom. The van der Waals surface area contributed by atoms with Crippen molar-refractivity contribution in [3.05, 3.63) is 35.9 Å². The number of halogens is 1. The van der Waals surface area contributed by atoms with Crippen LogP contribution in [-0.2, 0) is 9.53 Å². The lowest BCUT2D eigenvalue weighted by atomic mass is 9.95. The van der Waals surface area contributed by atoms with E-state index in [4.69, 9.17) is 9.73 Å². The fourth-order valence-electron chi connectivity index (χ4n) is 3.46. The largest absolute Gasteiger partial charge is 0.373 e. The van der Waals surface area contributed by atoms with Crippen molar-refractivity contribution in [3.8, 4) is 0 Å². The summed E-state index contributed by atoms with van der Waals surface area (Å²) in [6, 6.07) is 10.4. The van der Waals surface area contributed by atoms with E-state index in [-0.39, 0.29) is 36.0 Å². The summed E-state index contributed by atoms with van der Waals surface area (Å²) in [6.07, 6.45) is 1.10. The number of ether oxygens (including phenoxy) is 1. The average Bonchev–Trinajstić information content (AvgIpc) is 3.15. The van der Waals surface area contributed by atoms with E-state index in [1.165, 1.54) is 5.56 Å². The van der Waals surface area contributed by atoms with Crippen molar-refractivity contribution in [2.24, 2.45) is 10.9 Å². The second-order valence-electron chi connectivity index (χ2n) is 6.87. The predicted molar refractivity (Wildman–Crippen MR) is 125 cm³/mol. The van der Waals surface area contributed by atoms with Gasteiger partial charge >= 0.3 is 0 Å². The number of nitrogens with zero attached hydrogens (tertiary/aromatic N) is 3. The highest BCUT2D eigenvalue weighted by Gasteiger charge is 2.29. The van der Waals surface area contributed by atoms with Crippen LogP contribution in [0.4, 0.5) is 0 Å². The zero-order chi connectivity index (χ0) is 19.6. The molecule has 0 saturated carbocycles. The SMILES string of the molecule is CCNC(=NCC1CCOC1c1ccccc1)N(C)CC(=O)N(CC)CC.I. The van der Waals surface area contributed by atoms with E-state index in [9.17, 15) is 4.79 Å². The lowest BCUT2D eigenvalue weighted by Gasteiger charge is -2.26. The normalized spacial score (nSPS) is 19.1. The molecule has 1 fully saturated rings. The van der Waals surface area contributed by atoms with Crippen LogP contribution in [0.2, 0.25) is 0 Å². The molecule has 1 aromatic carbocycles. The highest BCUT2D eigenvalue weighted by atomic mass is 127. The molecular weight excluding hydrogens is 467 g/mol. The van der Waals surface area contributed by atoms with Crippen LogP contribution >= 0.6 is 24.0 Å². The Labute approximate surface area is 186 Å². The Bertz CT molecular complexity index is 608. The number of amides is 1. The monoisotopic (exact) mass is 502 g/mol. The van der Waals surface area contributed by atoms with Gasteiger partial charge in [-0.1, -0.05) is 30.3 Å². The second kappa shape index (κ2) is 13.0. The third-order valence-corrected chi connectivity index (χ3v) is 5.00. The van der Waals surface area contributed by atoms with Gasteiger partial charge in [0.1, 0.15) is 0 Å². The van der Waals surface area contributed by atoms with Crippen LogP contribution in [0.1, 0.15) is 38.9 Å². The number of hydrogen-bond donors (Lipinski definition) is 1. The molecule has 0 aliphatic carbocycles. The summed E-state index contributed by atoms with van der Waals surface area (Å²) in [7, 11) is 1.92. The van der Waals surface area contributed by atoms with E-state index in [0.29, 0.717) is 19.0 Å². The Kier molecular flexibility index (Phi) is 11.4. The fraction of sp³-hybridized carbons (Fsp3) is 0.619. The minimum atomic E-state index is 0. The smallest absolute Gasteiger partial charge is 0.242 e. The molecule has 1 heterocycles. The fourth-order valence-corrected chi connectivity index (χ4v) is 3.46. The lowest BCUT2D eigenvalue weighted by Crippen LogP contribution is -2.45. The molecule has 2 atom stereocenters. The van der Waals surface area contributed by atoms with E-state index >= 15 is 0 Å². The van der Waals surface area contributed by atoms with Gasteiger partial charge in [-0.25, -0.2) is 0 Å². The molecule has 2 unspecified atom stereocenters. The standard InChI is InChI=1S/C21H34N4O2.HI/c1-5-22-21(24(4)16-19(26)25(6-2)7-3)23-15-18-13-14-27-20(18)17-11-9-8-10-12-17;/h8-12,18,20H,5-7,13-16H2,1-4H3,(H,22,23);1H. The first-order chi connectivity index (χ1) is 13.1. The van der Waals surface area contributed by atoms with Gasteiger partial charge in [-0.15, -0.1) is 24.0 Å². The van der Waals surface area contributed by atoms with Crippen molar-refractivity contribution < 1.29 is 9.53 Å². The molecule has 2 rings (SSSR count). The van der Waals surface area contributed by atoms with Crippen LogP contribution in [0.3, 0.4) is 0 Å². The van der Waals surface area contributed by atoms with Crippen LogP contribution in [0.5, 0.6) is 0 Å². The molecule has 0 spiro atoms. The van der Waals surface area contributed by atoms with Crippen LogP contribution in [0, 0.1) is 5.92 Å². The summed E-state index contributed by atoms with van der Waals surface area (Å²) in [5.41, 5.74) is 1.21. The highest BCUT2D eigenvalue weighted by molar-refractivity contribution is 14.0. The highest BCUT2D eigenvalue weighted by Crippen LogP contribution is 2.34. The summed E-state index contributed by atoms with van der Waals surface area (Å²) in [4.78, 5) is 21.0. The van der Waals surface area contributed by atoms with E-state index in [0.717, 1.165) is 38.6 Å². The van der Waals surface area contributed by atoms with Crippen molar-refractivity contribution in [2.45, 2.75) is 33.3 Å². The zero-order valence-electron chi connectivity index (χ0n) is 17.6. The predicted octanol–water partition coefficient (Wildman–Crippen LogP) is 3.15. The second-order valence-corrected chi connectivity index (χ2v) is 6.87. The Balaban J connectivity index is 0.00000392. The molecule has 158 valence electrons. The van der Waals surface area contributed by atoms with Crippen molar-refractivity contribution in [1.29, 1.82) is 0 Å². The number of carbonyl (C=O) groups is 1. The summed E-state index contributed by atoms with van der Waals surface area (Å²) in [5, 5.41) is 3.31. The quantitative estimate of drug-likeness (QED) is 0.337. The third-order valence-electron chi connectivity index (χ3n) is 5.00. The van der Waals surface area contributed by atoms with Gasteiger partial charge < -0.3 is 19.9 Å². The van der Waals surface area contributed by atoms with Crippen LogP contribution in [-0.4, -0.2) is 68.0 Å². The van der Waals surface area contributed by atoms with Crippen molar-refractivity contribution in [2.75, 3.05) is 46.4 Å². The molecule has 1 aliphatic rings. The number of rotatable bonds is 8. The molecule has 0 bridgehead atoms. The van der Waals surface area contributed by atoms with Gasteiger partial charge in [0.05, 0.1) is 12.6 Å². The van der Waals surface area contributed by atoms with E-state index in [1.54, 1.807) is 0 Å². The minimum absolute atomic E-state index is 0. The molecule has 1 saturated heterocycles. The topological polar surface area (TPSA) is 57.2 Å². The molecule has 1 N–H and O–H groups in total. The number of carbonyl (C=O) groups excluding carboxylic acids is 1. The Morgan fingerprint density at radius 1 is 1.21 bits per heavy atom. The summed E-state index contributed by atoms with van der Waals surface area (Å²) in [6.45, 7) is 10.1. The number of aliphatic imine (C=N–C) groups is 1. The van der Waals surface area contributed by atoms with Gasteiger partial charge in [-0.3, -0.25) is 9.79 Å². The van der Waals surface area contributed by atoms with Crippen LogP contribution in [0.25, 0.3) is 0 Å². The minimum Gasteiger partial charge on any atom is -0.373 e. The van der Waals surface area contributed by atoms with Gasteiger partial charge in [-0.2, -0.15) is 0 Å². The zero-order valence-corrected chi connectivity index (χ0v) is 19.9. The van der Waals surface area contributed by atoms with E-state index < -0.39 is 0 Å². The lowest BCUT2D eigenvalue weighted by molar-refractivity contribution is -0.131. The van der Waals surface area contributed by atoms with Crippen molar-refractivity contribution in [1.82, 2.24) is 15.1 Å². The maximum atomic E-state index is 12.4. The van der Waals surface area contributed by atoms with E-state index in [1.807, 2.05) is 55.8 Å². The first-order valence-electron chi connectivity index (χ1n) is 10.0. The molecule has 0 radical (unpaired) electrons. The molecule has 1 amide bonds. The molecule has 0 aromatic heterocycles. The molecule has 28 heavy (non-hydrogen) atoms. The molecular formula is C21H35IN4O2. The van der Waals surface area contributed by atoms with Gasteiger partial charge in [0.15, 0.2) is 5.96 Å². The average molecular weight is 502 g/mol. The van der Waals surface area contributed by atoms with Gasteiger partial charge in [-0.05, 0) is 32.8 Å². The van der Waals surface area contributed by atoms with Crippen LogP contribution in [0.15, 0.2) is 35.3 Å². The van der Waals surface area contributed by atoms with Crippen molar-refractivity contribution >= 4 is 35.8 Å². The molecule has 1 aromatic rings. The van der Waals surface area contributed by atoms with Gasteiger partial charge in [0.2, 0.25) is 5.91 Å². The maximum absolute atomic E-state index is 12.4. The first-order valence-corrected chi connectivity index (χ1v) is 10.0. The first kappa shape index (κ1) is 24.7. The summed E-state index contributed by atoms with van der Waals surface area (Å²) < 4.78 is 5.97. The number of guanidine groups is 1. The molecule has 6 nitrogen and oxygen atoms in total. The summed E-state index contributed by atoms with van der Waals surface area (Å²) >= 11 is 0. The molecule has 1 aliphatic heterocycles. The van der Waals surface area contributed by atoms with Crippen LogP contribution < -0.4 is 5.32 Å². The molecule has 7 heteroatoms. The van der Waals surface area contributed by atoms with Gasteiger partial charge in [0, 0.05) is 45.8 Å². The van der Waals surface area contributed by atoms with Gasteiger partial charge in [0.25, 0.3) is 0 Å². The number of hydrogen-bond acceptors (Lipinski definition) is 3. The maximum Gasteiger partial charge on any atom is 0.242 e. The summed E-state index contributed by atoms with van der Waals surface area (Å²) in [5.74, 6) is 1.25. The Morgan fingerprint density at radius 3 is 2.50 bits per heavy atom. The van der Waals surface area contributed by atoms with Crippen molar-refractivity contribution in [3.63, 3.8) is 0 Å². The van der Waals surface area contributed by atoms with E-state index in [2.05, 4.69) is 17.4 Å².